The second-order valence-corrected chi connectivity index (χ2v) is 5.76. The van der Waals surface area contributed by atoms with Gasteiger partial charge in [-0.15, -0.1) is 0 Å². The third-order valence-corrected chi connectivity index (χ3v) is 4.13. The molecule has 0 saturated carbocycles. The van der Waals surface area contributed by atoms with Crippen LogP contribution in [0.3, 0.4) is 0 Å². The molecule has 0 amide bonds. The highest BCUT2D eigenvalue weighted by molar-refractivity contribution is 5.56. The molecule has 0 aliphatic heterocycles. The van der Waals surface area contributed by atoms with Crippen LogP contribution in [0.4, 0.5) is 0 Å². The molecule has 2 rings (SSSR count). The summed E-state index contributed by atoms with van der Waals surface area (Å²) in [5.41, 5.74) is 1.96. The van der Waals surface area contributed by atoms with E-state index in [4.69, 9.17) is 18.9 Å². The minimum atomic E-state index is 0.0276. The number of methoxy groups -OCH3 is 3. The van der Waals surface area contributed by atoms with Crippen LogP contribution in [0.15, 0.2) is 30.3 Å². The van der Waals surface area contributed by atoms with E-state index in [1.165, 1.54) is 0 Å². The molecule has 0 aliphatic carbocycles. The van der Waals surface area contributed by atoms with E-state index in [0.29, 0.717) is 29.6 Å². The maximum Gasteiger partial charge on any atom is 0.203 e. The topological polar surface area (TPSA) is 57.2 Å². The molecule has 1 atom stereocenters. The first kappa shape index (κ1) is 18.8. The smallest absolute Gasteiger partial charge is 0.203 e. The molecule has 2 aromatic rings. The van der Waals surface area contributed by atoms with E-state index >= 15 is 0 Å². The molecule has 2 aromatic carbocycles. The fourth-order valence-electron chi connectivity index (χ4n) is 2.68. The number of rotatable bonds is 8. The first-order chi connectivity index (χ1) is 12.0. The summed E-state index contributed by atoms with van der Waals surface area (Å²) < 4.78 is 21.7. The molecule has 1 unspecified atom stereocenters. The molecule has 5 nitrogen and oxygen atoms in total. The van der Waals surface area contributed by atoms with E-state index in [9.17, 15) is 5.11 Å². The van der Waals surface area contributed by atoms with Crippen molar-refractivity contribution in [3.8, 4) is 28.7 Å². The maximum atomic E-state index is 10.2. The lowest BCUT2D eigenvalue weighted by molar-refractivity contribution is 0.299. The third kappa shape index (κ3) is 4.10. The van der Waals surface area contributed by atoms with Gasteiger partial charge in [-0.25, -0.2) is 0 Å². The number of hydrogen-bond acceptors (Lipinski definition) is 5. The maximum absolute atomic E-state index is 10.2. The highest BCUT2D eigenvalue weighted by Crippen LogP contribution is 2.42. The van der Waals surface area contributed by atoms with E-state index < -0.39 is 0 Å². The molecule has 0 spiro atoms. The molecule has 25 heavy (non-hydrogen) atoms. The predicted molar refractivity (Wildman–Crippen MR) is 97.5 cm³/mol. The first-order valence-electron chi connectivity index (χ1n) is 8.31. The quantitative estimate of drug-likeness (QED) is 0.770. The van der Waals surface area contributed by atoms with Gasteiger partial charge in [0.2, 0.25) is 5.75 Å². The minimum absolute atomic E-state index is 0.0276. The lowest BCUT2D eigenvalue weighted by Crippen LogP contribution is -2.01. The summed E-state index contributed by atoms with van der Waals surface area (Å²) >= 11 is 0. The number of benzene rings is 2. The van der Waals surface area contributed by atoms with Crippen molar-refractivity contribution in [3.05, 3.63) is 41.5 Å². The van der Waals surface area contributed by atoms with Crippen LogP contribution >= 0.6 is 0 Å². The molecule has 136 valence electrons. The highest BCUT2D eigenvalue weighted by atomic mass is 16.5. The van der Waals surface area contributed by atoms with Gasteiger partial charge in [0.1, 0.15) is 0 Å². The van der Waals surface area contributed by atoms with Crippen LogP contribution in [0.25, 0.3) is 0 Å². The SMILES string of the molecule is CCCOc1ccc(C(C)c2cc(OC)c(OC)c(OC)c2)cc1O. The van der Waals surface area contributed by atoms with Gasteiger partial charge in [-0.05, 0) is 41.8 Å². The van der Waals surface area contributed by atoms with Crippen LogP contribution in [0, 0.1) is 0 Å². The van der Waals surface area contributed by atoms with Crippen molar-refractivity contribution in [2.45, 2.75) is 26.2 Å². The number of phenolic OH excluding ortho intramolecular Hbond substituents is 1. The number of ether oxygens (including phenoxy) is 4. The van der Waals surface area contributed by atoms with Gasteiger partial charge in [-0.1, -0.05) is 19.9 Å². The number of hydrogen-bond donors (Lipinski definition) is 1. The predicted octanol–water partition coefficient (Wildman–Crippen LogP) is 4.36. The van der Waals surface area contributed by atoms with Gasteiger partial charge in [-0.3, -0.25) is 0 Å². The van der Waals surface area contributed by atoms with E-state index in [1.54, 1.807) is 33.5 Å². The summed E-state index contributed by atoms with van der Waals surface area (Å²) in [6, 6.07) is 9.33. The Kier molecular flexibility index (Phi) is 6.39. The molecule has 0 heterocycles. The van der Waals surface area contributed by atoms with Crippen molar-refractivity contribution in [2.24, 2.45) is 0 Å². The normalized spacial score (nSPS) is 11.7. The van der Waals surface area contributed by atoms with Gasteiger partial charge >= 0.3 is 0 Å². The molecule has 0 radical (unpaired) electrons. The van der Waals surface area contributed by atoms with Crippen LogP contribution in [0.1, 0.15) is 37.3 Å². The van der Waals surface area contributed by atoms with E-state index in [2.05, 4.69) is 6.92 Å². The fraction of sp³-hybridized carbons (Fsp3) is 0.400. The fourth-order valence-corrected chi connectivity index (χ4v) is 2.68. The lowest BCUT2D eigenvalue weighted by Gasteiger charge is -2.18. The standard InChI is InChI=1S/C20H26O5/c1-6-9-25-17-8-7-14(10-16(17)21)13(2)15-11-18(22-3)20(24-5)19(12-15)23-4/h7-8,10-13,21H,6,9H2,1-5H3. The average Bonchev–Trinajstić information content (AvgIpc) is 2.65. The van der Waals surface area contributed by atoms with E-state index in [-0.39, 0.29) is 11.7 Å². The number of aromatic hydroxyl groups is 1. The Morgan fingerprint density at radius 1 is 0.880 bits per heavy atom. The molecule has 0 aliphatic rings. The molecule has 0 fully saturated rings. The van der Waals surface area contributed by atoms with Crippen molar-refractivity contribution >= 4 is 0 Å². The Morgan fingerprint density at radius 3 is 2.00 bits per heavy atom. The lowest BCUT2D eigenvalue weighted by atomic mass is 9.92. The zero-order chi connectivity index (χ0) is 18.4. The Hall–Kier alpha value is -2.56. The Morgan fingerprint density at radius 2 is 1.52 bits per heavy atom. The summed E-state index contributed by atoms with van der Waals surface area (Å²) in [5, 5.41) is 10.2. The van der Waals surface area contributed by atoms with Gasteiger partial charge in [-0.2, -0.15) is 0 Å². The van der Waals surface area contributed by atoms with Gasteiger partial charge < -0.3 is 24.1 Å². The largest absolute Gasteiger partial charge is 0.504 e. The zero-order valence-electron chi connectivity index (χ0n) is 15.5. The van der Waals surface area contributed by atoms with Crippen LogP contribution in [-0.4, -0.2) is 33.0 Å². The summed E-state index contributed by atoms with van der Waals surface area (Å²) in [5.74, 6) is 2.45. The van der Waals surface area contributed by atoms with Crippen LogP contribution in [0.5, 0.6) is 28.7 Å². The average molecular weight is 346 g/mol. The molecule has 0 saturated heterocycles. The van der Waals surface area contributed by atoms with Crippen molar-refractivity contribution in [1.29, 1.82) is 0 Å². The summed E-state index contributed by atoms with van der Waals surface area (Å²) in [6.45, 7) is 4.66. The second kappa shape index (κ2) is 8.51. The van der Waals surface area contributed by atoms with Crippen LogP contribution < -0.4 is 18.9 Å². The second-order valence-electron chi connectivity index (χ2n) is 5.76. The molecule has 1 N–H and O–H groups in total. The third-order valence-electron chi connectivity index (χ3n) is 4.13. The molecular weight excluding hydrogens is 320 g/mol. The monoisotopic (exact) mass is 346 g/mol. The van der Waals surface area contributed by atoms with Gasteiger partial charge in [0.15, 0.2) is 23.0 Å². The van der Waals surface area contributed by atoms with Crippen molar-refractivity contribution in [1.82, 2.24) is 0 Å². The summed E-state index contributed by atoms with van der Waals surface area (Å²) in [6.07, 6.45) is 0.892. The first-order valence-corrected chi connectivity index (χ1v) is 8.31. The van der Waals surface area contributed by atoms with Crippen LogP contribution in [-0.2, 0) is 0 Å². The zero-order valence-corrected chi connectivity index (χ0v) is 15.5. The molecular formula is C20H26O5. The van der Waals surface area contributed by atoms with Gasteiger partial charge in [0.25, 0.3) is 0 Å². The number of phenols is 1. The van der Waals surface area contributed by atoms with Gasteiger partial charge in [0, 0.05) is 5.92 Å². The summed E-state index contributed by atoms with van der Waals surface area (Å²) in [7, 11) is 4.77. The van der Waals surface area contributed by atoms with Crippen LogP contribution in [0.2, 0.25) is 0 Å². The molecule has 5 heteroatoms. The summed E-state index contributed by atoms with van der Waals surface area (Å²) in [4.78, 5) is 0. The van der Waals surface area contributed by atoms with E-state index in [0.717, 1.165) is 17.5 Å². The van der Waals surface area contributed by atoms with Gasteiger partial charge in [0.05, 0.1) is 27.9 Å². The highest BCUT2D eigenvalue weighted by Gasteiger charge is 2.18. The minimum Gasteiger partial charge on any atom is -0.504 e. The van der Waals surface area contributed by atoms with Crippen molar-refractivity contribution in [2.75, 3.05) is 27.9 Å². The Bertz CT molecular complexity index is 686. The molecule has 0 aromatic heterocycles. The Balaban J connectivity index is 2.37. The van der Waals surface area contributed by atoms with E-state index in [1.807, 2.05) is 25.1 Å². The molecule has 0 bridgehead atoms. The van der Waals surface area contributed by atoms with Crippen molar-refractivity contribution < 1.29 is 24.1 Å². The Labute approximate surface area is 149 Å². The van der Waals surface area contributed by atoms with Crippen molar-refractivity contribution in [3.63, 3.8) is 0 Å².